The van der Waals surface area contributed by atoms with E-state index in [-0.39, 0.29) is 0 Å². The highest BCUT2D eigenvalue weighted by Gasteiger charge is 2.02. The zero-order valence-corrected chi connectivity index (χ0v) is 15.4. The normalized spacial score (nSPS) is 9.46. The molecular weight excluding hydrogens is 322 g/mol. The lowest BCUT2D eigenvalue weighted by Gasteiger charge is -2.10. The molecule has 132 valence electrons. The molecule has 0 spiro atoms. The summed E-state index contributed by atoms with van der Waals surface area (Å²) in [7, 11) is 0. The summed E-state index contributed by atoms with van der Waals surface area (Å²) in [4.78, 5) is 0. The number of hydrogen-bond donors (Lipinski definition) is 0. The first-order chi connectivity index (χ1) is 12.7. The molecule has 0 bridgehead atoms. The van der Waals surface area contributed by atoms with Crippen molar-refractivity contribution < 1.29 is 9.47 Å². The second kappa shape index (κ2) is 9.90. The summed E-state index contributed by atoms with van der Waals surface area (Å²) in [6.45, 7) is 6.45. The summed E-state index contributed by atoms with van der Waals surface area (Å²) in [6, 6.07) is 25.0. The van der Waals surface area contributed by atoms with Gasteiger partial charge >= 0.3 is 0 Å². The van der Waals surface area contributed by atoms with Gasteiger partial charge in [-0.25, -0.2) is 0 Å². The van der Waals surface area contributed by atoms with Crippen molar-refractivity contribution in [3.8, 4) is 23.3 Å². The minimum Gasteiger partial charge on any atom is -0.489 e. The molecule has 0 atom stereocenters. The van der Waals surface area contributed by atoms with Crippen molar-refractivity contribution in [2.45, 2.75) is 27.4 Å². The first-order valence-electron chi connectivity index (χ1n) is 8.69. The molecule has 0 fully saturated rings. The Morgan fingerprint density at radius 1 is 0.808 bits per heavy atom. The van der Waals surface area contributed by atoms with E-state index < -0.39 is 0 Å². The molecule has 0 heterocycles. The fraction of sp³-hybridized carbons (Fsp3) is 0.174. The van der Waals surface area contributed by atoms with E-state index in [4.69, 9.17) is 14.7 Å². The fourth-order valence-corrected chi connectivity index (χ4v) is 2.27. The number of rotatable bonds is 5. The second-order valence-corrected chi connectivity index (χ2v) is 5.49. The molecule has 0 saturated heterocycles. The van der Waals surface area contributed by atoms with Gasteiger partial charge in [-0.1, -0.05) is 49.7 Å². The van der Waals surface area contributed by atoms with Gasteiger partial charge in [-0.15, -0.1) is 0 Å². The second-order valence-electron chi connectivity index (χ2n) is 5.49. The first-order valence-corrected chi connectivity index (χ1v) is 8.69. The SMILES string of the molecule is CC.Cc1ccc(Oc2cccc(OCc3cccc(C#N)c3)c2)cc1. The smallest absolute Gasteiger partial charge is 0.131 e. The van der Waals surface area contributed by atoms with Crippen LogP contribution in [0.25, 0.3) is 0 Å². The van der Waals surface area contributed by atoms with Crippen LogP contribution in [0.1, 0.15) is 30.5 Å². The molecule has 3 heteroatoms. The van der Waals surface area contributed by atoms with Crippen molar-refractivity contribution in [1.82, 2.24) is 0 Å². The lowest BCUT2D eigenvalue weighted by atomic mass is 10.1. The van der Waals surface area contributed by atoms with E-state index >= 15 is 0 Å². The Bertz CT molecular complexity index is 864. The standard InChI is InChI=1S/C21H17NO2.C2H6/c1-16-8-10-19(11-9-16)24-21-7-3-6-20(13-21)23-15-18-5-2-4-17(12-18)14-22;1-2/h2-13H,15H2,1H3;1-2H3. The molecule has 3 nitrogen and oxygen atoms in total. The van der Waals surface area contributed by atoms with Crippen molar-refractivity contribution in [3.63, 3.8) is 0 Å². The van der Waals surface area contributed by atoms with Crippen molar-refractivity contribution in [2.24, 2.45) is 0 Å². The van der Waals surface area contributed by atoms with Gasteiger partial charge in [0.2, 0.25) is 0 Å². The molecule has 3 aromatic rings. The molecule has 0 aliphatic carbocycles. The van der Waals surface area contributed by atoms with Crippen LogP contribution in [0.15, 0.2) is 72.8 Å². The van der Waals surface area contributed by atoms with E-state index in [9.17, 15) is 0 Å². The quantitative estimate of drug-likeness (QED) is 0.548. The van der Waals surface area contributed by atoms with Crippen molar-refractivity contribution in [1.29, 1.82) is 5.26 Å². The number of nitriles is 1. The van der Waals surface area contributed by atoms with Crippen LogP contribution < -0.4 is 9.47 Å². The summed E-state index contributed by atoms with van der Waals surface area (Å²) in [6.07, 6.45) is 0. The number of nitrogens with zero attached hydrogens (tertiary/aromatic N) is 1. The molecular formula is C23H23NO2. The minimum atomic E-state index is 0.406. The third-order valence-electron chi connectivity index (χ3n) is 3.52. The zero-order valence-electron chi connectivity index (χ0n) is 15.4. The van der Waals surface area contributed by atoms with Gasteiger partial charge in [0.05, 0.1) is 11.6 Å². The van der Waals surface area contributed by atoms with Gasteiger partial charge < -0.3 is 9.47 Å². The van der Waals surface area contributed by atoms with Crippen LogP contribution in [0.2, 0.25) is 0 Å². The molecule has 0 radical (unpaired) electrons. The molecule has 0 N–H and O–H groups in total. The van der Waals surface area contributed by atoms with Gasteiger partial charge in [0.1, 0.15) is 23.9 Å². The highest BCUT2D eigenvalue weighted by atomic mass is 16.5. The average molecular weight is 345 g/mol. The molecule has 0 aliphatic heterocycles. The Balaban J connectivity index is 0.00000117. The first kappa shape index (κ1) is 19.1. The van der Waals surface area contributed by atoms with Crippen molar-refractivity contribution >= 4 is 0 Å². The van der Waals surface area contributed by atoms with Crippen molar-refractivity contribution in [3.05, 3.63) is 89.5 Å². The molecule has 0 unspecified atom stereocenters. The molecule has 0 aromatic heterocycles. The van der Waals surface area contributed by atoms with E-state index in [0.29, 0.717) is 12.2 Å². The predicted octanol–water partition coefficient (Wildman–Crippen LogP) is 6.26. The van der Waals surface area contributed by atoms with Crippen LogP contribution in [0, 0.1) is 18.3 Å². The minimum absolute atomic E-state index is 0.406. The topological polar surface area (TPSA) is 42.2 Å². The fourth-order valence-electron chi connectivity index (χ4n) is 2.27. The van der Waals surface area contributed by atoms with Gasteiger partial charge in [0.25, 0.3) is 0 Å². The maximum Gasteiger partial charge on any atom is 0.131 e. The highest BCUT2D eigenvalue weighted by molar-refractivity contribution is 5.38. The largest absolute Gasteiger partial charge is 0.489 e. The summed E-state index contributed by atoms with van der Waals surface area (Å²) >= 11 is 0. The van der Waals surface area contributed by atoms with Crippen LogP contribution in [-0.2, 0) is 6.61 Å². The van der Waals surface area contributed by atoms with E-state index in [1.54, 1.807) is 6.07 Å². The van der Waals surface area contributed by atoms with E-state index in [1.165, 1.54) is 5.56 Å². The van der Waals surface area contributed by atoms with Gasteiger partial charge in [-0.2, -0.15) is 5.26 Å². The lowest BCUT2D eigenvalue weighted by molar-refractivity contribution is 0.304. The maximum atomic E-state index is 8.93. The number of ether oxygens (including phenoxy) is 2. The van der Waals surface area contributed by atoms with E-state index in [1.807, 2.05) is 87.5 Å². The Morgan fingerprint density at radius 2 is 1.50 bits per heavy atom. The summed E-state index contributed by atoms with van der Waals surface area (Å²) in [5, 5.41) is 8.93. The van der Waals surface area contributed by atoms with Crippen LogP contribution in [-0.4, -0.2) is 0 Å². The van der Waals surface area contributed by atoms with Gasteiger partial charge in [0.15, 0.2) is 0 Å². The summed E-state index contributed by atoms with van der Waals surface area (Å²) in [5.74, 6) is 2.24. The van der Waals surface area contributed by atoms with Crippen molar-refractivity contribution in [2.75, 3.05) is 0 Å². The predicted molar refractivity (Wildman–Crippen MR) is 105 cm³/mol. The molecule has 26 heavy (non-hydrogen) atoms. The van der Waals surface area contributed by atoms with Crippen LogP contribution in [0.3, 0.4) is 0 Å². The summed E-state index contributed by atoms with van der Waals surface area (Å²) < 4.78 is 11.6. The number of aryl methyl sites for hydroxylation is 1. The Hall–Kier alpha value is -3.25. The van der Waals surface area contributed by atoms with E-state index in [2.05, 4.69) is 6.07 Å². The monoisotopic (exact) mass is 345 g/mol. The van der Waals surface area contributed by atoms with Gasteiger partial charge in [0, 0.05) is 6.07 Å². The molecule has 0 aliphatic rings. The maximum absolute atomic E-state index is 8.93. The van der Waals surface area contributed by atoms with Crippen LogP contribution in [0.4, 0.5) is 0 Å². The molecule has 0 amide bonds. The molecule has 0 saturated carbocycles. The summed E-state index contributed by atoms with van der Waals surface area (Å²) in [5.41, 5.74) is 2.78. The Labute approximate surface area is 155 Å². The third kappa shape index (κ3) is 5.68. The van der Waals surface area contributed by atoms with Gasteiger partial charge in [-0.05, 0) is 48.9 Å². The Morgan fingerprint density at radius 3 is 2.23 bits per heavy atom. The third-order valence-corrected chi connectivity index (χ3v) is 3.52. The average Bonchev–Trinajstić information content (AvgIpc) is 2.70. The zero-order chi connectivity index (χ0) is 18.8. The number of hydrogen-bond acceptors (Lipinski definition) is 3. The highest BCUT2D eigenvalue weighted by Crippen LogP contribution is 2.26. The van der Waals surface area contributed by atoms with Crippen LogP contribution >= 0.6 is 0 Å². The molecule has 3 rings (SSSR count). The van der Waals surface area contributed by atoms with E-state index in [0.717, 1.165) is 22.8 Å². The Kier molecular flexibility index (Phi) is 7.27. The van der Waals surface area contributed by atoms with Crippen LogP contribution in [0.5, 0.6) is 17.2 Å². The lowest BCUT2D eigenvalue weighted by Crippen LogP contribution is -1.96. The molecule has 3 aromatic carbocycles. The van der Waals surface area contributed by atoms with Gasteiger partial charge in [-0.3, -0.25) is 0 Å². The number of benzene rings is 3.